The highest BCUT2D eigenvalue weighted by Gasteiger charge is 2.39. The first-order chi connectivity index (χ1) is 13.4. The first kappa shape index (κ1) is 18.9. The van der Waals surface area contributed by atoms with Crippen molar-refractivity contribution in [3.8, 4) is 5.75 Å². The lowest BCUT2D eigenvalue weighted by Crippen LogP contribution is -2.36. The van der Waals surface area contributed by atoms with Crippen LogP contribution in [0.4, 0.5) is 5.69 Å². The molecule has 0 aliphatic carbocycles. The van der Waals surface area contributed by atoms with Crippen molar-refractivity contribution < 1.29 is 22.5 Å². The van der Waals surface area contributed by atoms with Crippen LogP contribution in [0, 0.1) is 0 Å². The van der Waals surface area contributed by atoms with E-state index in [9.17, 15) is 13.2 Å². The number of nitrogens with zero attached hydrogens (tertiary/aromatic N) is 3. The maximum atomic E-state index is 13.3. The molecule has 2 aromatic rings. The maximum absolute atomic E-state index is 13.3. The maximum Gasteiger partial charge on any atom is 0.243 e. The van der Waals surface area contributed by atoms with Gasteiger partial charge in [0.05, 0.1) is 28.9 Å². The van der Waals surface area contributed by atoms with E-state index in [1.54, 1.807) is 11.0 Å². The molecule has 0 radical (unpaired) electrons. The first-order valence-electron chi connectivity index (χ1n) is 9.44. The molecule has 0 spiro atoms. The number of anilines is 1. The summed E-state index contributed by atoms with van der Waals surface area (Å²) in [6.07, 6.45) is 2.18. The van der Waals surface area contributed by atoms with Gasteiger partial charge in [0.25, 0.3) is 0 Å². The van der Waals surface area contributed by atoms with Gasteiger partial charge in [0.1, 0.15) is 12.4 Å². The fourth-order valence-corrected chi connectivity index (χ4v) is 5.47. The second-order valence-electron chi connectivity index (χ2n) is 7.00. The van der Waals surface area contributed by atoms with Crippen LogP contribution < -0.4 is 9.64 Å². The third kappa shape index (κ3) is 3.18. The van der Waals surface area contributed by atoms with Gasteiger partial charge < -0.3 is 14.2 Å². The molecule has 9 heteroatoms. The number of sulfonamides is 1. The predicted molar refractivity (Wildman–Crippen MR) is 102 cm³/mol. The van der Waals surface area contributed by atoms with Crippen LogP contribution in [0.3, 0.4) is 0 Å². The van der Waals surface area contributed by atoms with Crippen LogP contribution >= 0.6 is 0 Å². The molecule has 150 valence electrons. The Morgan fingerprint density at radius 2 is 2.11 bits per heavy atom. The molecule has 8 nitrogen and oxygen atoms in total. The van der Waals surface area contributed by atoms with Gasteiger partial charge in [-0.15, -0.1) is 0 Å². The van der Waals surface area contributed by atoms with Gasteiger partial charge in [0.2, 0.25) is 15.9 Å². The van der Waals surface area contributed by atoms with E-state index in [0.29, 0.717) is 43.3 Å². The second-order valence-corrected chi connectivity index (χ2v) is 8.89. The highest BCUT2D eigenvalue weighted by Crippen LogP contribution is 2.39. The number of aryl methyl sites for hydroxylation is 1. The minimum Gasteiger partial charge on any atom is -0.489 e. The van der Waals surface area contributed by atoms with E-state index in [1.165, 1.54) is 23.4 Å². The molecule has 0 bridgehead atoms. The van der Waals surface area contributed by atoms with Gasteiger partial charge in [-0.3, -0.25) is 4.79 Å². The van der Waals surface area contributed by atoms with E-state index in [-0.39, 0.29) is 16.8 Å². The van der Waals surface area contributed by atoms with Crippen LogP contribution in [0.2, 0.25) is 0 Å². The third-order valence-electron chi connectivity index (χ3n) is 5.25. The van der Waals surface area contributed by atoms with E-state index in [4.69, 9.17) is 9.26 Å². The van der Waals surface area contributed by atoms with Gasteiger partial charge in [-0.1, -0.05) is 12.1 Å². The summed E-state index contributed by atoms with van der Waals surface area (Å²) in [7, 11) is -3.74. The first-order valence-corrected chi connectivity index (χ1v) is 10.9. The van der Waals surface area contributed by atoms with Crippen LogP contribution in [-0.4, -0.2) is 43.5 Å². The summed E-state index contributed by atoms with van der Waals surface area (Å²) in [4.78, 5) is 13.6. The molecule has 28 heavy (non-hydrogen) atoms. The van der Waals surface area contributed by atoms with Crippen molar-refractivity contribution in [2.24, 2.45) is 0 Å². The molecule has 1 atom stereocenters. The summed E-state index contributed by atoms with van der Waals surface area (Å²) >= 11 is 0. The summed E-state index contributed by atoms with van der Waals surface area (Å²) in [6.45, 7) is 4.67. The number of aromatic nitrogens is 1. The van der Waals surface area contributed by atoms with Crippen molar-refractivity contribution in [2.45, 2.75) is 44.0 Å². The number of hydrogen-bond donors (Lipinski definition) is 0. The van der Waals surface area contributed by atoms with E-state index < -0.39 is 10.0 Å². The number of carbonyl (C=O) groups is 1. The Balaban J connectivity index is 1.67. The molecule has 1 aromatic carbocycles. The van der Waals surface area contributed by atoms with Crippen LogP contribution in [0.1, 0.15) is 44.2 Å². The van der Waals surface area contributed by atoms with E-state index >= 15 is 0 Å². The lowest BCUT2D eigenvalue weighted by atomic mass is 10.1. The molecule has 1 aromatic heterocycles. The van der Waals surface area contributed by atoms with Crippen LogP contribution in [0.25, 0.3) is 0 Å². The standard InChI is InChI=1S/C19H23N3O5S/c1-3-14-11-19(27-20-14)17-5-4-8-22(17)28(24,25)15-6-7-16-18(12-15)26-10-9-21(16)13(2)23/h6-7,11-12,17H,3-5,8-10H2,1-2H3/t17-/m1/s1. The third-order valence-corrected chi connectivity index (χ3v) is 7.16. The Morgan fingerprint density at radius 1 is 1.29 bits per heavy atom. The number of rotatable bonds is 4. The average molecular weight is 405 g/mol. The zero-order valence-electron chi connectivity index (χ0n) is 15.9. The fourth-order valence-electron chi connectivity index (χ4n) is 3.79. The largest absolute Gasteiger partial charge is 0.489 e. The summed E-state index contributed by atoms with van der Waals surface area (Å²) in [5, 5.41) is 4.00. The normalized spacial score (nSPS) is 20.1. The smallest absolute Gasteiger partial charge is 0.243 e. The summed E-state index contributed by atoms with van der Waals surface area (Å²) in [6, 6.07) is 6.15. The Hall–Kier alpha value is -2.39. The highest BCUT2D eigenvalue weighted by atomic mass is 32.2. The van der Waals surface area contributed by atoms with Gasteiger partial charge in [0, 0.05) is 25.6 Å². The molecule has 0 N–H and O–H groups in total. The molecular weight excluding hydrogens is 382 g/mol. The van der Waals surface area contributed by atoms with Crippen molar-refractivity contribution in [1.82, 2.24) is 9.46 Å². The van der Waals surface area contributed by atoms with Gasteiger partial charge in [-0.05, 0) is 31.4 Å². The molecule has 1 amide bonds. The van der Waals surface area contributed by atoms with E-state index in [0.717, 1.165) is 18.5 Å². The molecular formula is C19H23N3O5S. The molecule has 2 aliphatic rings. The summed E-state index contributed by atoms with van der Waals surface area (Å²) in [5.74, 6) is 0.887. The van der Waals surface area contributed by atoms with Gasteiger partial charge in [-0.25, -0.2) is 8.42 Å². The van der Waals surface area contributed by atoms with E-state index in [1.807, 2.05) is 13.0 Å². The van der Waals surface area contributed by atoms with Crippen LogP contribution in [0.5, 0.6) is 5.75 Å². The molecule has 1 saturated heterocycles. The predicted octanol–water partition coefficient (Wildman–Crippen LogP) is 2.51. The van der Waals surface area contributed by atoms with Crippen molar-refractivity contribution in [2.75, 3.05) is 24.6 Å². The van der Waals surface area contributed by atoms with Gasteiger partial charge >= 0.3 is 0 Å². The topological polar surface area (TPSA) is 93.0 Å². The molecule has 4 rings (SSSR count). The highest BCUT2D eigenvalue weighted by molar-refractivity contribution is 7.89. The number of carbonyl (C=O) groups excluding carboxylic acids is 1. The summed E-state index contributed by atoms with van der Waals surface area (Å²) in [5.41, 5.74) is 1.41. The Bertz CT molecular complexity index is 1000. The van der Waals surface area contributed by atoms with Crippen molar-refractivity contribution in [1.29, 1.82) is 0 Å². The van der Waals surface area contributed by atoms with Crippen molar-refractivity contribution in [3.63, 3.8) is 0 Å². The number of benzene rings is 1. The second kappa shape index (κ2) is 7.21. The summed E-state index contributed by atoms with van der Waals surface area (Å²) < 4.78 is 39.2. The van der Waals surface area contributed by atoms with Crippen LogP contribution in [-0.2, 0) is 21.2 Å². The Morgan fingerprint density at radius 3 is 2.82 bits per heavy atom. The number of fused-ring (bicyclic) bond motifs is 1. The molecule has 0 saturated carbocycles. The number of ether oxygens (including phenoxy) is 1. The van der Waals surface area contributed by atoms with Crippen LogP contribution in [0.15, 0.2) is 33.7 Å². The molecule has 1 fully saturated rings. The zero-order chi connectivity index (χ0) is 19.9. The molecule has 3 heterocycles. The zero-order valence-corrected chi connectivity index (χ0v) is 16.7. The van der Waals surface area contributed by atoms with E-state index in [2.05, 4.69) is 5.16 Å². The van der Waals surface area contributed by atoms with Crippen molar-refractivity contribution in [3.05, 3.63) is 35.7 Å². The number of amides is 1. The molecule has 0 unspecified atom stereocenters. The Kier molecular flexibility index (Phi) is 4.88. The average Bonchev–Trinajstić information content (AvgIpc) is 3.36. The monoisotopic (exact) mass is 405 g/mol. The Labute approximate surface area is 164 Å². The lowest BCUT2D eigenvalue weighted by Gasteiger charge is -2.29. The molecule has 2 aliphatic heterocycles. The fraction of sp³-hybridized carbons (Fsp3) is 0.474. The lowest BCUT2D eigenvalue weighted by molar-refractivity contribution is -0.116. The van der Waals surface area contributed by atoms with Gasteiger partial charge in [-0.2, -0.15) is 4.31 Å². The minimum absolute atomic E-state index is 0.100. The SMILES string of the molecule is CCc1cc([C@H]2CCCN2S(=O)(=O)c2ccc3c(c2)OCCN3C(C)=O)on1. The van der Waals surface area contributed by atoms with Gasteiger partial charge in [0.15, 0.2) is 5.76 Å². The quantitative estimate of drug-likeness (QED) is 0.776. The minimum atomic E-state index is -3.74. The number of hydrogen-bond acceptors (Lipinski definition) is 6. The van der Waals surface area contributed by atoms with Crippen molar-refractivity contribution >= 4 is 21.6 Å².